The number of rotatable bonds is 8. The van der Waals surface area contributed by atoms with Crippen molar-refractivity contribution in [1.82, 2.24) is 19.9 Å². The number of nitrogens with zero attached hydrogens (tertiary/aromatic N) is 3. The number of aromatic amines is 1. The van der Waals surface area contributed by atoms with Crippen molar-refractivity contribution in [3.8, 4) is 11.5 Å². The van der Waals surface area contributed by atoms with E-state index in [1.54, 1.807) is 14.2 Å². The summed E-state index contributed by atoms with van der Waals surface area (Å²) in [5, 5.41) is 7.67. The zero-order valence-electron chi connectivity index (χ0n) is 17.0. The summed E-state index contributed by atoms with van der Waals surface area (Å²) in [6, 6.07) is 16.5. The maximum atomic E-state index is 5.75. The number of para-hydroxylation sites is 1. The Labute approximate surface area is 171 Å². The van der Waals surface area contributed by atoms with Gasteiger partial charge in [-0.25, -0.2) is 5.21 Å². The fraction of sp³-hybridized carbons (Fsp3) is 0.409. The minimum absolute atomic E-state index is 0.0269. The van der Waals surface area contributed by atoms with E-state index in [1.807, 2.05) is 18.2 Å². The zero-order valence-corrected chi connectivity index (χ0v) is 17.0. The number of hydrogen-bond donors (Lipinski definition) is 1. The van der Waals surface area contributed by atoms with E-state index in [1.165, 1.54) is 5.56 Å². The van der Waals surface area contributed by atoms with Crippen LogP contribution in [0.1, 0.15) is 23.0 Å². The Bertz CT molecular complexity index is 900. The van der Waals surface area contributed by atoms with Gasteiger partial charge in [0.2, 0.25) is 0 Å². The third kappa shape index (κ3) is 4.16. The molecular weight excluding hydrogens is 368 g/mol. The molecule has 1 saturated heterocycles. The smallest absolute Gasteiger partial charge is 0.168 e. The third-order valence-electron chi connectivity index (χ3n) is 5.41. The van der Waals surface area contributed by atoms with Gasteiger partial charge in [-0.1, -0.05) is 42.5 Å². The van der Waals surface area contributed by atoms with Gasteiger partial charge in [0.05, 0.1) is 27.4 Å². The van der Waals surface area contributed by atoms with Crippen molar-refractivity contribution < 1.29 is 14.2 Å². The van der Waals surface area contributed by atoms with Gasteiger partial charge in [-0.15, -0.1) is 5.10 Å². The first-order valence-corrected chi connectivity index (χ1v) is 9.99. The summed E-state index contributed by atoms with van der Waals surface area (Å²) in [4.78, 5) is 2.40. The van der Waals surface area contributed by atoms with Crippen molar-refractivity contribution in [3.05, 3.63) is 65.5 Å². The average molecular weight is 396 g/mol. The predicted molar refractivity (Wildman–Crippen MR) is 111 cm³/mol. The fourth-order valence-electron chi connectivity index (χ4n) is 3.90. The second-order valence-electron chi connectivity index (χ2n) is 7.09. The molecule has 154 valence electrons. The number of aryl methyl sites for hydroxylation is 2. The second kappa shape index (κ2) is 9.15. The molecule has 2 heterocycles. The van der Waals surface area contributed by atoms with Crippen LogP contribution in [0.25, 0.3) is 0 Å². The molecule has 1 aromatic heterocycles. The lowest BCUT2D eigenvalue weighted by Gasteiger charge is -2.36. The van der Waals surface area contributed by atoms with E-state index in [4.69, 9.17) is 14.2 Å². The van der Waals surface area contributed by atoms with Crippen LogP contribution in [0.4, 0.5) is 0 Å². The van der Waals surface area contributed by atoms with Gasteiger partial charge in [-0.3, -0.25) is 9.58 Å². The first kappa shape index (κ1) is 19.5. The topological polar surface area (TPSA) is 64.5 Å². The molecule has 29 heavy (non-hydrogen) atoms. The van der Waals surface area contributed by atoms with E-state index >= 15 is 0 Å². The molecule has 0 bridgehead atoms. The molecule has 3 aromatic rings. The number of benzene rings is 2. The van der Waals surface area contributed by atoms with Gasteiger partial charge in [0.15, 0.2) is 17.3 Å². The standard InChI is InChI=1S/C22H28N4O3/c1-27-19-10-6-9-18(21(19)28-2)20(25-13-15-29-16-14-25)22-23-24-26(22)12-11-17-7-4-3-5-8-17/h3-10,20,24H,11-16H2,1-2H3. The first-order valence-electron chi connectivity index (χ1n) is 9.99. The van der Waals surface area contributed by atoms with Crippen LogP contribution in [-0.2, 0) is 17.7 Å². The van der Waals surface area contributed by atoms with Gasteiger partial charge in [0.25, 0.3) is 0 Å². The SMILES string of the molecule is COc1cccc(C(c2n[nH]n2CCc2ccccc2)N2CCOCC2)c1OC. The number of morpholine rings is 1. The molecule has 7 heteroatoms. The summed E-state index contributed by atoms with van der Waals surface area (Å²) in [6.07, 6.45) is 0.942. The maximum absolute atomic E-state index is 5.75. The monoisotopic (exact) mass is 396 g/mol. The number of methoxy groups -OCH3 is 2. The minimum atomic E-state index is -0.0269. The molecule has 0 saturated carbocycles. The van der Waals surface area contributed by atoms with E-state index in [2.05, 4.69) is 50.2 Å². The molecule has 1 N–H and O–H groups in total. The average Bonchev–Trinajstić information content (AvgIpc) is 2.77. The molecule has 1 atom stereocenters. The van der Waals surface area contributed by atoms with E-state index in [0.717, 1.165) is 48.9 Å². The lowest BCUT2D eigenvalue weighted by molar-refractivity contribution is 0.0191. The summed E-state index contributed by atoms with van der Waals surface area (Å²) >= 11 is 0. The quantitative estimate of drug-likeness (QED) is 0.634. The Balaban J connectivity index is 1.65. The Kier molecular flexibility index (Phi) is 6.17. The van der Waals surface area contributed by atoms with Crippen LogP contribution in [0.5, 0.6) is 11.5 Å². The molecule has 4 rings (SSSR count). The Hall–Kier alpha value is -2.77. The maximum Gasteiger partial charge on any atom is 0.168 e. The van der Waals surface area contributed by atoms with Crippen LogP contribution < -0.4 is 9.47 Å². The molecule has 0 radical (unpaired) electrons. The molecule has 7 nitrogen and oxygen atoms in total. The van der Waals surface area contributed by atoms with Crippen LogP contribution in [0.2, 0.25) is 0 Å². The van der Waals surface area contributed by atoms with Crippen LogP contribution in [-0.4, -0.2) is 60.4 Å². The molecule has 2 aromatic carbocycles. The van der Waals surface area contributed by atoms with Gasteiger partial charge in [-0.2, -0.15) is 0 Å². The summed E-state index contributed by atoms with van der Waals surface area (Å²) in [5.74, 6) is 2.48. The lowest BCUT2D eigenvalue weighted by Crippen LogP contribution is -2.42. The van der Waals surface area contributed by atoms with Gasteiger partial charge >= 0.3 is 0 Å². The van der Waals surface area contributed by atoms with Crippen molar-refractivity contribution in [1.29, 1.82) is 0 Å². The number of ether oxygens (including phenoxy) is 3. The zero-order chi connectivity index (χ0) is 20.1. The molecule has 1 aliphatic rings. The normalized spacial score (nSPS) is 15.9. The highest BCUT2D eigenvalue weighted by Crippen LogP contribution is 2.39. The summed E-state index contributed by atoms with van der Waals surface area (Å²) < 4.78 is 19.0. The van der Waals surface area contributed by atoms with Crippen LogP contribution in [0.15, 0.2) is 48.5 Å². The Morgan fingerprint density at radius 3 is 2.48 bits per heavy atom. The number of H-pyrrole nitrogens is 1. The summed E-state index contributed by atoms with van der Waals surface area (Å²) in [7, 11) is 3.35. The summed E-state index contributed by atoms with van der Waals surface area (Å²) in [5.41, 5.74) is 2.36. The van der Waals surface area contributed by atoms with E-state index in [9.17, 15) is 0 Å². The number of nitrogens with one attached hydrogen (secondary N) is 1. The van der Waals surface area contributed by atoms with Crippen molar-refractivity contribution in [3.63, 3.8) is 0 Å². The first-order chi connectivity index (χ1) is 14.3. The Morgan fingerprint density at radius 1 is 1.03 bits per heavy atom. The second-order valence-corrected chi connectivity index (χ2v) is 7.09. The molecule has 1 unspecified atom stereocenters. The van der Waals surface area contributed by atoms with Gasteiger partial charge in [-0.05, 0) is 18.1 Å². The largest absolute Gasteiger partial charge is 0.493 e. The molecule has 0 aliphatic carbocycles. The van der Waals surface area contributed by atoms with E-state index in [-0.39, 0.29) is 6.04 Å². The molecule has 1 fully saturated rings. The van der Waals surface area contributed by atoms with Gasteiger partial charge < -0.3 is 14.2 Å². The van der Waals surface area contributed by atoms with E-state index in [0.29, 0.717) is 13.2 Å². The molecule has 0 spiro atoms. The van der Waals surface area contributed by atoms with Crippen molar-refractivity contribution in [2.75, 3.05) is 40.5 Å². The van der Waals surface area contributed by atoms with Crippen molar-refractivity contribution in [2.24, 2.45) is 0 Å². The predicted octanol–water partition coefficient (Wildman–Crippen LogP) is 2.89. The molecule has 1 aliphatic heterocycles. The van der Waals surface area contributed by atoms with Gasteiger partial charge in [0, 0.05) is 25.2 Å². The minimum Gasteiger partial charge on any atom is -0.493 e. The molecular formula is C22H28N4O3. The highest BCUT2D eigenvalue weighted by Gasteiger charge is 2.32. The van der Waals surface area contributed by atoms with E-state index < -0.39 is 0 Å². The highest BCUT2D eigenvalue weighted by molar-refractivity contribution is 5.49. The molecule has 0 amide bonds. The highest BCUT2D eigenvalue weighted by atomic mass is 16.5. The number of aromatic nitrogens is 3. The summed E-state index contributed by atoms with van der Waals surface area (Å²) in [6.45, 7) is 3.96. The van der Waals surface area contributed by atoms with Crippen LogP contribution >= 0.6 is 0 Å². The number of hydrogen-bond acceptors (Lipinski definition) is 5. The lowest BCUT2D eigenvalue weighted by atomic mass is 10.0. The van der Waals surface area contributed by atoms with Crippen LogP contribution in [0, 0.1) is 0 Å². The fourth-order valence-corrected chi connectivity index (χ4v) is 3.90. The van der Waals surface area contributed by atoms with Crippen molar-refractivity contribution >= 4 is 0 Å². The Morgan fingerprint density at radius 2 is 1.83 bits per heavy atom. The third-order valence-corrected chi connectivity index (χ3v) is 5.41. The van der Waals surface area contributed by atoms with Crippen LogP contribution in [0.3, 0.4) is 0 Å². The van der Waals surface area contributed by atoms with Gasteiger partial charge in [0.1, 0.15) is 6.04 Å². The van der Waals surface area contributed by atoms with Crippen molar-refractivity contribution in [2.45, 2.75) is 19.0 Å².